The fraction of sp³-hybridized carbons (Fsp3) is 0.314. The molecule has 2 aromatic carbocycles. The van der Waals surface area contributed by atoms with E-state index in [1.54, 1.807) is 25.4 Å². The number of aromatic amines is 1. The van der Waals surface area contributed by atoms with Crippen LogP contribution in [-0.2, 0) is 13.6 Å². The van der Waals surface area contributed by atoms with E-state index in [0.717, 1.165) is 51.4 Å². The summed E-state index contributed by atoms with van der Waals surface area (Å²) >= 11 is 0. The number of alkyl halides is 1. The van der Waals surface area contributed by atoms with E-state index < -0.39 is 12.2 Å². The number of ether oxygens (including phenoxy) is 1. The molecule has 1 aliphatic carbocycles. The second kappa shape index (κ2) is 10.8. The van der Waals surface area contributed by atoms with Crippen LogP contribution in [0.5, 0.6) is 5.75 Å². The second-order valence-electron chi connectivity index (χ2n) is 12.6. The average molecular weight is 620 g/mol. The van der Waals surface area contributed by atoms with Crippen molar-refractivity contribution in [1.29, 1.82) is 0 Å². The van der Waals surface area contributed by atoms with E-state index in [9.17, 15) is 14.0 Å². The number of nitrogens with zero attached hydrogens (tertiary/aromatic N) is 5. The summed E-state index contributed by atoms with van der Waals surface area (Å²) in [6.07, 6.45) is 3.10. The topological polar surface area (TPSA) is 124 Å². The fourth-order valence-corrected chi connectivity index (χ4v) is 6.79. The maximum absolute atomic E-state index is 14.3. The number of carbonyl (C=O) groups excluding carboxylic acids is 1. The molecule has 0 spiro atoms. The molecule has 0 radical (unpaired) electrons. The van der Waals surface area contributed by atoms with Crippen molar-refractivity contribution in [3.05, 3.63) is 76.6 Å². The lowest BCUT2D eigenvalue weighted by atomic mass is 10.0. The van der Waals surface area contributed by atoms with Crippen molar-refractivity contribution in [2.45, 2.75) is 38.0 Å². The molecular weight excluding hydrogens is 585 g/mol. The number of aryl methyl sites for hydroxylation is 1. The minimum Gasteiger partial charge on any atom is -0.494 e. The highest BCUT2D eigenvalue weighted by molar-refractivity contribution is 6.00. The Morgan fingerprint density at radius 3 is 2.72 bits per heavy atom. The van der Waals surface area contributed by atoms with Gasteiger partial charge in [0.25, 0.3) is 5.91 Å². The maximum atomic E-state index is 14.3. The first-order valence-corrected chi connectivity index (χ1v) is 15.6. The molecule has 1 amide bonds. The number of amides is 1. The number of fused-ring (bicyclic) bond motifs is 3. The van der Waals surface area contributed by atoms with E-state index in [4.69, 9.17) is 20.4 Å². The van der Waals surface area contributed by atoms with Gasteiger partial charge in [0.05, 0.1) is 30.6 Å². The number of pyridine rings is 2. The fourth-order valence-electron chi connectivity index (χ4n) is 6.79. The first kappa shape index (κ1) is 28.4. The molecule has 3 N–H and O–H groups in total. The average Bonchev–Trinajstić information content (AvgIpc) is 3.72. The third-order valence-corrected chi connectivity index (χ3v) is 9.29. The van der Waals surface area contributed by atoms with Gasteiger partial charge in [-0.1, -0.05) is 6.07 Å². The van der Waals surface area contributed by atoms with Gasteiger partial charge in [0, 0.05) is 65.9 Å². The zero-order valence-corrected chi connectivity index (χ0v) is 25.7. The second-order valence-corrected chi connectivity index (χ2v) is 12.6. The molecule has 2 aliphatic rings. The molecule has 6 aromatic rings. The zero-order valence-electron chi connectivity index (χ0n) is 25.7. The molecule has 11 heteroatoms. The van der Waals surface area contributed by atoms with Crippen molar-refractivity contribution in [2.24, 2.45) is 18.7 Å². The van der Waals surface area contributed by atoms with Gasteiger partial charge in [0.2, 0.25) is 0 Å². The van der Waals surface area contributed by atoms with Crippen LogP contribution in [0.3, 0.4) is 0 Å². The van der Waals surface area contributed by atoms with Gasteiger partial charge in [-0.05, 0) is 67.6 Å². The molecule has 2 atom stereocenters. The van der Waals surface area contributed by atoms with Gasteiger partial charge < -0.3 is 29.5 Å². The normalized spacial score (nSPS) is 18.6. The van der Waals surface area contributed by atoms with Crippen LogP contribution in [-0.4, -0.2) is 67.3 Å². The number of aromatic nitrogens is 5. The summed E-state index contributed by atoms with van der Waals surface area (Å²) in [6, 6.07) is 16.5. The highest BCUT2D eigenvalue weighted by Gasteiger charge is 2.30. The number of nitrogens with two attached hydrogens (primary N) is 1. The third-order valence-electron chi connectivity index (χ3n) is 9.29. The lowest BCUT2D eigenvalue weighted by molar-refractivity contribution is 0.0606. The van der Waals surface area contributed by atoms with Gasteiger partial charge in [-0.25, -0.2) is 14.4 Å². The predicted octanol–water partition coefficient (Wildman–Crippen LogP) is 5.03. The molecule has 0 bridgehead atoms. The minimum absolute atomic E-state index is 0.0216. The van der Waals surface area contributed by atoms with E-state index in [1.165, 1.54) is 23.8 Å². The number of H-pyrrole nitrogens is 1. The van der Waals surface area contributed by atoms with Crippen LogP contribution < -0.4 is 15.9 Å². The lowest BCUT2D eigenvalue weighted by Gasteiger charge is -2.33. The Balaban J connectivity index is 1.24. The Bertz CT molecular complexity index is 2220. The number of rotatable bonds is 6. The molecule has 46 heavy (non-hydrogen) atoms. The van der Waals surface area contributed by atoms with Gasteiger partial charge in [-0.3, -0.25) is 9.59 Å². The first-order chi connectivity index (χ1) is 22.3. The summed E-state index contributed by atoms with van der Waals surface area (Å²) in [7, 11) is 3.52. The van der Waals surface area contributed by atoms with Crippen LogP contribution >= 0.6 is 0 Å². The number of likely N-dealkylation sites (tertiary alicyclic amines) is 1. The predicted molar refractivity (Wildman–Crippen MR) is 176 cm³/mol. The van der Waals surface area contributed by atoms with E-state index >= 15 is 0 Å². The van der Waals surface area contributed by atoms with Crippen molar-refractivity contribution in [2.75, 3.05) is 20.2 Å². The van der Waals surface area contributed by atoms with Crippen LogP contribution in [0.4, 0.5) is 4.39 Å². The maximum Gasteiger partial charge on any atom is 0.254 e. The summed E-state index contributed by atoms with van der Waals surface area (Å²) < 4.78 is 24.3. The van der Waals surface area contributed by atoms with Crippen LogP contribution in [0.1, 0.15) is 29.6 Å². The van der Waals surface area contributed by atoms with Gasteiger partial charge in [-0.15, -0.1) is 0 Å². The number of piperidine rings is 1. The van der Waals surface area contributed by atoms with Crippen LogP contribution in [0.2, 0.25) is 0 Å². The smallest absolute Gasteiger partial charge is 0.254 e. The van der Waals surface area contributed by atoms with E-state index in [1.807, 2.05) is 35.9 Å². The summed E-state index contributed by atoms with van der Waals surface area (Å²) in [5.74, 6) is 1.52. The van der Waals surface area contributed by atoms with Crippen molar-refractivity contribution in [3.63, 3.8) is 0 Å². The van der Waals surface area contributed by atoms with Gasteiger partial charge >= 0.3 is 0 Å². The lowest BCUT2D eigenvalue weighted by Crippen LogP contribution is -2.50. The Morgan fingerprint density at radius 2 is 1.93 bits per heavy atom. The Morgan fingerprint density at radius 1 is 1.09 bits per heavy atom. The summed E-state index contributed by atoms with van der Waals surface area (Å²) in [4.78, 5) is 40.6. The number of nitrogens with one attached hydrogen (secondary N) is 1. The number of hydrogen-bond donors (Lipinski definition) is 2. The van der Waals surface area contributed by atoms with Crippen molar-refractivity contribution in [1.82, 2.24) is 29.0 Å². The highest BCUT2D eigenvalue weighted by Crippen LogP contribution is 2.38. The highest BCUT2D eigenvalue weighted by atomic mass is 19.1. The quantitative estimate of drug-likeness (QED) is 0.270. The number of imidazole rings is 1. The van der Waals surface area contributed by atoms with Gasteiger partial charge in [-0.2, -0.15) is 0 Å². The molecule has 1 saturated heterocycles. The number of halogens is 1. The molecule has 5 heterocycles. The summed E-state index contributed by atoms with van der Waals surface area (Å²) in [5, 5.41) is 1.63. The standard InChI is InChI=1S/C35H34FN7O3/c1-41-32-28(12-22(14-31(32)46-2)35(45)42-17-23(36)15-24(37)18-42)40-34(41)29-13-21-6-8-26(39-33(21)43(29)16-19-3-4-19)20-5-7-25-27(11-20)38-10-9-30(25)44/h5-14,19,23-24H,3-4,15-18,37H2,1-2H3,(H,38,44)/t23-,24-/m1/s1. The molecular formula is C35H34FN7O3. The number of benzene rings is 2. The molecule has 1 saturated carbocycles. The van der Waals surface area contributed by atoms with Crippen LogP contribution in [0.15, 0.2) is 65.6 Å². The van der Waals surface area contributed by atoms with Crippen molar-refractivity contribution in [3.8, 4) is 28.5 Å². The summed E-state index contributed by atoms with van der Waals surface area (Å²) in [6.45, 7) is 1.14. The molecule has 4 aromatic heterocycles. The zero-order chi connectivity index (χ0) is 31.7. The van der Waals surface area contributed by atoms with E-state index in [0.29, 0.717) is 34.7 Å². The minimum atomic E-state index is -1.15. The number of methoxy groups -OCH3 is 1. The van der Waals surface area contributed by atoms with E-state index in [2.05, 4.69) is 21.7 Å². The Hall–Kier alpha value is -5.03. The third kappa shape index (κ3) is 4.82. The van der Waals surface area contributed by atoms with Gasteiger partial charge in [0.1, 0.15) is 23.1 Å². The Labute approximate surface area is 263 Å². The molecule has 8 rings (SSSR count). The number of hydrogen-bond acceptors (Lipinski definition) is 6. The van der Waals surface area contributed by atoms with Crippen molar-refractivity contribution < 1.29 is 13.9 Å². The van der Waals surface area contributed by atoms with Crippen molar-refractivity contribution >= 4 is 38.9 Å². The van der Waals surface area contributed by atoms with Gasteiger partial charge in [0.15, 0.2) is 11.3 Å². The Kier molecular flexibility index (Phi) is 6.68. The SMILES string of the molecule is COc1cc(C(=O)N2C[C@H](N)C[C@@H](F)C2)cc2nc(-c3cc4ccc(-c5ccc6c(=O)cc[nH]c6c5)nc4n3CC3CC3)n(C)c12. The van der Waals surface area contributed by atoms with Crippen LogP contribution in [0, 0.1) is 5.92 Å². The molecule has 0 unspecified atom stereocenters. The summed E-state index contributed by atoms with van der Waals surface area (Å²) in [5.41, 5.74) is 12.0. The molecule has 1 aliphatic heterocycles. The molecule has 10 nitrogen and oxygen atoms in total. The number of carbonyl (C=O) groups is 1. The monoisotopic (exact) mass is 619 g/mol. The molecule has 2 fully saturated rings. The van der Waals surface area contributed by atoms with E-state index in [-0.39, 0.29) is 24.3 Å². The van der Waals surface area contributed by atoms with Crippen LogP contribution in [0.25, 0.3) is 55.7 Å². The first-order valence-electron chi connectivity index (χ1n) is 15.6. The molecule has 234 valence electrons. The largest absolute Gasteiger partial charge is 0.494 e.